The Kier molecular flexibility index (Phi) is 4.55. The van der Waals surface area contributed by atoms with Crippen molar-refractivity contribution >= 4 is 11.9 Å². The van der Waals surface area contributed by atoms with Gasteiger partial charge in [-0.1, -0.05) is 0 Å². The van der Waals surface area contributed by atoms with Crippen molar-refractivity contribution in [1.29, 1.82) is 0 Å². The highest BCUT2D eigenvalue weighted by molar-refractivity contribution is 5.78. The summed E-state index contributed by atoms with van der Waals surface area (Å²) < 4.78 is 9.35. The summed E-state index contributed by atoms with van der Waals surface area (Å²) in [5, 5.41) is 8.83. The van der Waals surface area contributed by atoms with E-state index >= 15 is 0 Å². The molecule has 86 valence electrons. The number of carbonyl (C=O) groups excluding carboxylic acids is 2. The Morgan fingerprint density at radius 1 is 1.53 bits per heavy atom. The molecule has 0 aliphatic carbocycles. The summed E-state index contributed by atoms with van der Waals surface area (Å²) >= 11 is 0. The summed E-state index contributed by atoms with van der Waals surface area (Å²) in [5.41, 5.74) is 0. The molecule has 5 heteroatoms. The number of aliphatic hydroxyl groups is 1. The molecule has 5 nitrogen and oxygen atoms in total. The van der Waals surface area contributed by atoms with Crippen LogP contribution in [0.15, 0.2) is 0 Å². The van der Waals surface area contributed by atoms with Gasteiger partial charge in [-0.05, 0) is 19.3 Å². The highest BCUT2D eigenvalue weighted by atomic mass is 16.6. The van der Waals surface area contributed by atoms with Crippen molar-refractivity contribution in [2.24, 2.45) is 5.92 Å². The third-order valence-electron chi connectivity index (χ3n) is 2.56. The number of aliphatic hydroxyl groups excluding tert-OH is 1. The molecular formula is C10H16O5. The van der Waals surface area contributed by atoms with Gasteiger partial charge >= 0.3 is 11.9 Å². The molecule has 15 heavy (non-hydrogen) atoms. The molecule has 1 heterocycles. The summed E-state index contributed by atoms with van der Waals surface area (Å²) in [6, 6.07) is 0. The van der Waals surface area contributed by atoms with Crippen molar-refractivity contribution in [1.82, 2.24) is 0 Å². The summed E-state index contributed by atoms with van der Waals surface area (Å²) in [7, 11) is 1.36. The minimum absolute atomic E-state index is 0.152. The number of methoxy groups -OCH3 is 1. The van der Waals surface area contributed by atoms with Crippen molar-refractivity contribution in [2.75, 3.05) is 13.7 Å². The molecule has 0 saturated carbocycles. The van der Waals surface area contributed by atoms with E-state index in [9.17, 15) is 9.59 Å². The van der Waals surface area contributed by atoms with Crippen molar-refractivity contribution in [3.63, 3.8) is 0 Å². The Balaban J connectivity index is 2.06. The average Bonchev–Trinajstić information content (AvgIpc) is 2.22. The predicted octanol–water partition coefficient (Wildman–Crippen LogP) is 0.254. The fourth-order valence-corrected chi connectivity index (χ4v) is 1.57. The van der Waals surface area contributed by atoms with Crippen LogP contribution >= 0.6 is 0 Å². The van der Waals surface area contributed by atoms with Crippen molar-refractivity contribution in [2.45, 2.75) is 31.8 Å². The third-order valence-corrected chi connectivity index (χ3v) is 2.56. The number of rotatable bonds is 6. The lowest BCUT2D eigenvalue weighted by molar-refractivity contribution is -0.189. The van der Waals surface area contributed by atoms with Crippen molar-refractivity contribution in [3.8, 4) is 0 Å². The van der Waals surface area contributed by atoms with Crippen LogP contribution in [0.5, 0.6) is 0 Å². The van der Waals surface area contributed by atoms with Crippen molar-refractivity contribution < 1.29 is 24.2 Å². The van der Waals surface area contributed by atoms with E-state index in [2.05, 4.69) is 4.74 Å². The third kappa shape index (κ3) is 3.20. The highest BCUT2D eigenvalue weighted by Gasteiger charge is 2.41. The maximum atomic E-state index is 10.8. The first-order valence-electron chi connectivity index (χ1n) is 5.07. The van der Waals surface area contributed by atoms with Crippen LogP contribution in [0.3, 0.4) is 0 Å². The first-order valence-corrected chi connectivity index (χ1v) is 5.07. The van der Waals surface area contributed by atoms with Crippen molar-refractivity contribution in [3.05, 3.63) is 0 Å². The molecule has 1 N–H and O–H groups in total. The minimum atomic E-state index is -0.358. The Morgan fingerprint density at radius 2 is 2.27 bits per heavy atom. The van der Waals surface area contributed by atoms with Gasteiger partial charge in [0.15, 0.2) is 0 Å². The number of carbonyl (C=O) groups is 2. The lowest BCUT2D eigenvalue weighted by Crippen LogP contribution is -2.47. The van der Waals surface area contributed by atoms with Gasteiger partial charge in [0.2, 0.25) is 0 Å². The second-order valence-electron chi connectivity index (χ2n) is 3.59. The first-order chi connectivity index (χ1) is 7.19. The SMILES string of the molecule is COC(=O)CCCC[C@@H]1OC(=O)[C@H]1CO. The number of hydrogen-bond donors (Lipinski definition) is 1. The Labute approximate surface area is 88.4 Å². The molecule has 0 amide bonds. The zero-order valence-electron chi connectivity index (χ0n) is 8.77. The quantitative estimate of drug-likeness (QED) is 0.509. The number of cyclic esters (lactones) is 1. The molecule has 1 aliphatic rings. The average molecular weight is 216 g/mol. The molecule has 0 unspecified atom stereocenters. The van der Waals surface area contributed by atoms with Crippen LogP contribution in [0.25, 0.3) is 0 Å². The van der Waals surface area contributed by atoms with Gasteiger partial charge < -0.3 is 14.6 Å². The van der Waals surface area contributed by atoms with E-state index in [4.69, 9.17) is 9.84 Å². The Morgan fingerprint density at radius 3 is 2.80 bits per heavy atom. The standard InChI is InChI=1S/C10H16O5/c1-14-9(12)5-3-2-4-8-7(6-11)10(13)15-8/h7-8,11H,2-6H2,1H3/t7-,8-/m0/s1. The van der Waals surface area contributed by atoms with E-state index in [-0.39, 0.29) is 30.6 Å². The van der Waals surface area contributed by atoms with Gasteiger partial charge in [0, 0.05) is 6.42 Å². The number of ether oxygens (including phenoxy) is 2. The molecule has 0 aromatic rings. The molecule has 1 saturated heterocycles. The molecule has 1 fully saturated rings. The van der Waals surface area contributed by atoms with Gasteiger partial charge in [-0.25, -0.2) is 0 Å². The molecular weight excluding hydrogens is 200 g/mol. The van der Waals surface area contributed by atoms with Gasteiger partial charge in [-0.3, -0.25) is 9.59 Å². The molecule has 0 aromatic heterocycles. The van der Waals surface area contributed by atoms with Crippen LogP contribution < -0.4 is 0 Å². The van der Waals surface area contributed by atoms with Gasteiger partial charge in [0.1, 0.15) is 12.0 Å². The first kappa shape index (κ1) is 12.0. The van der Waals surface area contributed by atoms with E-state index in [1.54, 1.807) is 0 Å². The van der Waals surface area contributed by atoms with Crippen LogP contribution in [0.1, 0.15) is 25.7 Å². The van der Waals surface area contributed by atoms with Gasteiger partial charge in [0.05, 0.1) is 13.7 Å². The second kappa shape index (κ2) is 5.70. The molecule has 0 bridgehead atoms. The summed E-state index contributed by atoms with van der Waals surface area (Å²) in [6.07, 6.45) is 2.44. The number of hydrogen-bond acceptors (Lipinski definition) is 5. The molecule has 1 aliphatic heterocycles. The maximum absolute atomic E-state index is 10.8. The van der Waals surface area contributed by atoms with E-state index in [1.807, 2.05) is 0 Å². The normalized spacial score (nSPS) is 24.3. The maximum Gasteiger partial charge on any atom is 0.315 e. The lowest BCUT2D eigenvalue weighted by atomic mass is 9.93. The second-order valence-corrected chi connectivity index (χ2v) is 3.59. The molecule has 0 radical (unpaired) electrons. The highest BCUT2D eigenvalue weighted by Crippen LogP contribution is 2.26. The molecule has 2 atom stereocenters. The smallest absolute Gasteiger partial charge is 0.315 e. The summed E-state index contributed by atoms with van der Waals surface area (Å²) in [6.45, 7) is -0.152. The molecule has 0 aromatic carbocycles. The monoisotopic (exact) mass is 216 g/mol. The van der Waals surface area contributed by atoms with Gasteiger partial charge in [-0.2, -0.15) is 0 Å². The van der Waals surface area contributed by atoms with E-state index < -0.39 is 0 Å². The van der Waals surface area contributed by atoms with Crippen LogP contribution in [0.4, 0.5) is 0 Å². The topological polar surface area (TPSA) is 72.8 Å². The zero-order valence-corrected chi connectivity index (χ0v) is 8.77. The van der Waals surface area contributed by atoms with Crippen LogP contribution in [-0.4, -0.2) is 36.9 Å². The number of esters is 2. The molecule has 0 spiro atoms. The van der Waals surface area contributed by atoms with Gasteiger partial charge in [0.25, 0.3) is 0 Å². The van der Waals surface area contributed by atoms with E-state index in [1.165, 1.54) is 7.11 Å². The fourth-order valence-electron chi connectivity index (χ4n) is 1.57. The zero-order chi connectivity index (χ0) is 11.3. The Bertz CT molecular complexity index is 238. The lowest BCUT2D eigenvalue weighted by Gasteiger charge is -2.33. The van der Waals surface area contributed by atoms with Crippen LogP contribution in [0, 0.1) is 5.92 Å². The molecule has 1 rings (SSSR count). The van der Waals surface area contributed by atoms with E-state index in [0.29, 0.717) is 12.8 Å². The summed E-state index contributed by atoms with van der Waals surface area (Å²) in [5.74, 6) is -0.905. The Hall–Kier alpha value is -1.10. The largest absolute Gasteiger partial charge is 0.469 e. The number of unbranched alkanes of at least 4 members (excludes halogenated alkanes) is 1. The minimum Gasteiger partial charge on any atom is -0.469 e. The van der Waals surface area contributed by atoms with E-state index in [0.717, 1.165) is 12.8 Å². The summed E-state index contributed by atoms with van der Waals surface area (Å²) in [4.78, 5) is 21.6. The fraction of sp³-hybridized carbons (Fsp3) is 0.800. The van der Waals surface area contributed by atoms with Crippen LogP contribution in [0.2, 0.25) is 0 Å². The van der Waals surface area contributed by atoms with Gasteiger partial charge in [-0.15, -0.1) is 0 Å². The predicted molar refractivity (Wildman–Crippen MR) is 50.9 cm³/mol. The van der Waals surface area contributed by atoms with Crippen LogP contribution in [-0.2, 0) is 19.1 Å².